The molecular formula is C20H15BrN2O3S2. The minimum Gasteiger partial charge on any atom is -0.423 e. The van der Waals surface area contributed by atoms with Crippen LogP contribution >= 0.6 is 39.0 Å². The predicted molar refractivity (Wildman–Crippen MR) is 117 cm³/mol. The zero-order valence-electron chi connectivity index (χ0n) is 15.0. The zero-order chi connectivity index (χ0) is 19.4. The van der Waals surface area contributed by atoms with E-state index in [0.29, 0.717) is 16.5 Å². The van der Waals surface area contributed by atoms with E-state index in [4.69, 9.17) is 9.40 Å². The summed E-state index contributed by atoms with van der Waals surface area (Å²) in [5, 5.41) is 2.34. The maximum absolute atomic E-state index is 12.9. The fraction of sp³-hybridized carbons (Fsp3) is 0.250. The summed E-state index contributed by atoms with van der Waals surface area (Å²) in [5.74, 6) is 0.528. The van der Waals surface area contributed by atoms with Gasteiger partial charge in [0, 0.05) is 33.6 Å². The van der Waals surface area contributed by atoms with Crippen LogP contribution in [0.1, 0.15) is 22.4 Å². The molecule has 28 heavy (non-hydrogen) atoms. The normalized spacial score (nSPS) is 13.5. The summed E-state index contributed by atoms with van der Waals surface area (Å²) in [4.78, 5) is 31.8. The van der Waals surface area contributed by atoms with Gasteiger partial charge in [-0.15, -0.1) is 11.3 Å². The van der Waals surface area contributed by atoms with Crippen LogP contribution in [-0.2, 0) is 25.6 Å². The number of thioether (sulfide) groups is 1. The van der Waals surface area contributed by atoms with Gasteiger partial charge in [0.15, 0.2) is 5.16 Å². The van der Waals surface area contributed by atoms with E-state index in [1.807, 2.05) is 12.1 Å². The van der Waals surface area contributed by atoms with Crippen molar-refractivity contribution in [3.8, 4) is 0 Å². The smallest absolute Gasteiger partial charge is 0.336 e. The van der Waals surface area contributed by atoms with Gasteiger partial charge in [0.05, 0.1) is 5.39 Å². The highest BCUT2D eigenvalue weighted by Crippen LogP contribution is 2.36. The number of fused-ring (bicyclic) bond motifs is 4. The quantitative estimate of drug-likeness (QED) is 0.245. The number of halogens is 1. The Hall–Kier alpha value is -1.90. The molecule has 5 nitrogen and oxygen atoms in total. The zero-order valence-corrected chi connectivity index (χ0v) is 18.2. The molecule has 0 saturated heterocycles. The molecule has 1 aliphatic rings. The van der Waals surface area contributed by atoms with Gasteiger partial charge in [-0.05, 0) is 48.6 Å². The number of rotatable bonds is 3. The molecule has 0 spiro atoms. The third kappa shape index (κ3) is 2.94. The van der Waals surface area contributed by atoms with Crippen LogP contribution in [0.5, 0.6) is 0 Å². The highest BCUT2D eigenvalue weighted by molar-refractivity contribution is 9.10. The molecule has 8 heteroatoms. The van der Waals surface area contributed by atoms with Crippen LogP contribution in [0, 0.1) is 0 Å². The molecule has 0 bridgehead atoms. The summed E-state index contributed by atoms with van der Waals surface area (Å²) < 4.78 is 7.79. The number of benzene rings is 1. The molecule has 0 fully saturated rings. The molecule has 0 saturated carbocycles. The average Bonchev–Trinajstić information content (AvgIpc) is 3.23. The van der Waals surface area contributed by atoms with Crippen molar-refractivity contribution in [2.45, 2.75) is 30.2 Å². The van der Waals surface area contributed by atoms with E-state index in [-0.39, 0.29) is 11.2 Å². The number of hydrogen-bond acceptors (Lipinski definition) is 6. The van der Waals surface area contributed by atoms with Gasteiger partial charge in [-0.1, -0.05) is 27.7 Å². The topological polar surface area (TPSA) is 65.1 Å². The van der Waals surface area contributed by atoms with Crippen molar-refractivity contribution in [2.75, 3.05) is 0 Å². The predicted octanol–water partition coefficient (Wildman–Crippen LogP) is 4.64. The maximum Gasteiger partial charge on any atom is 0.336 e. The van der Waals surface area contributed by atoms with Crippen LogP contribution < -0.4 is 11.2 Å². The van der Waals surface area contributed by atoms with Gasteiger partial charge in [0.25, 0.3) is 5.56 Å². The van der Waals surface area contributed by atoms with E-state index in [9.17, 15) is 9.59 Å². The van der Waals surface area contributed by atoms with Gasteiger partial charge in [-0.2, -0.15) is 0 Å². The van der Waals surface area contributed by atoms with Crippen LogP contribution in [0.3, 0.4) is 0 Å². The SMILES string of the molecule is Cn1c(SCc2cc(=O)oc3cc(Br)ccc23)nc2sc3c(c2c1=O)CCC3. The van der Waals surface area contributed by atoms with E-state index in [1.165, 1.54) is 28.3 Å². The molecule has 3 heterocycles. The Morgan fingerprint density at radius 3 is 3.00 bits per heavy atom. The van der Waals surface area contributed by atoms with E-state index < -0.39 is 0 Å². The van der Waals surface area contributed by atoms with Crippen LogP contribution in [0.4, 0.5) is 0 Å². The summed E-state index contributed by atoms with van der Waals surface area (Å²) in [6.45, 7) is 0. The monoisotopic (exact) mass is 474 g/mol. The highest BCUT2D eigenvalue weighted by Gasteiger charge is 2.22. The lowest BCUT2D eigenvalue weighted by molar-refractivity contribution is 0.559. The van der Waals surface area contributed by atoms with Gasteiger partial charge >= 0.3 is 5.63 Å². The Labute approximate surface area is 176 Å². The molecule has 0 unspecified atom stereocenters. The second kappa shape index (κ2) is 6.86. The van der Waals surface area contributed by atoms with Gasteiger partial charge in [0.2, 0.25) is 0 Å². The average molecular weight is 475 g/mol. The molecule has 1 aliphatic carbocycles. The van der Waals surface area contributed by atoms with Crippen LogP contribution in [0.25, 0.3) is 21.2 Å². The van der Waals surface area contributed by atoms with Crippen LogP contribution in [0.2, 0.25) is 0 Å². The van der Waals surface area contributed by atoms with Crippen molar-refractivity contribution in [3.05, 3.63) is 65.5 Å². The van der Waals surface area contributed by atoms with Crippen LogP contribution in [-0.4, -0.2) is 9.55 Å². The molecule has 0 atom stereocenters. The van der Waals surface area contributed by atoms with E-state index >= 15 is 0 Å². The van der Waals surface area contributed by atoms with Gasteiger partial charge in [-0.3, -0.25) is 9.36 Å². The summed E-state index contributed by atoms with van der Waals surface area (Å²) in [6.07, 6.45) is 3.14. The molecular weight excluding hydrogens is 460 g/mol. The molecule has 4 aromatic rings. The van der Waals surface area contributed by atoms with Gasteiger partial charge in [0.1, 0.15) is 10.4 Å². The lowest BCUT2D eigenvalue weighted by Crippen LogP contribution is -2.20. The minimum atomic E-state index is -0.381. The Morgan fingerprint density at radius 2 is 2.14 bits per heavy atom. The molecule has 0 radical (unpaired) electrons. The molecule has 5 rings (SSSR count). The number of thiophene rings is 1. The summed E-state index contributed by atoms with van der Waals surface area (Å²) in [7, 11) is 1.77. The minimum absolute atomic E-state index is 0.0215. The van der Waals surface area contributed by atoms with Gasteiger partial charge < -0.3 is 4.42 Å². The van der Waals surface area contributed by atoms with Crippen molar-refractivity contribution in [1.82, 2.24) is 9.55 Å². The van der Waals surface area contributed by atoms with Gasteiger partial charge in [-0.25, -0.2) is 9.78 Å². The lowest BCUT2D eigenvalue weighted by atomic mass is 10.1. The fourth-order valence-corrected chi connectivity index (χ4v) is 6.31. The Balaban J connectivity index is 1.55. The first kappa shape index (κ1) is 18.1. The number of hydrogen-bond donors (Lipinski definition) is 0. The Kier molecular flexibility index (Phi) is 4.45. The maximum atomic E-state index is 12.9. The first-order valence-electron chi connectivity index (χ1n) is 8.87. The van der Waals surface area contributed by atoms with Crippen molar-refractivity contribution >= 4 is 60.2 Å². The van der Waals surface area contributed by atoms with Crippen LogP contribution in [0.15, 0.2) is 47.9 Å². The van der Waals surface area contributed by atoms with Crippen molar-refractivity contribution in [2.24, 2.45) is 7.05 Å². The van der Waals surface area contributed by atoms with E-state index in [0.717, 1.165) is 44.9 Å². The molecule has 0 amide bonds. The number of aryl methyl sites for hydroxylation is 2. The summed E-state index contributed by atoms with van der Waals surface area (Å²) in [5.41, 5.74) is 2.25. The molecule has 3 aromatic heterocycles. The van der Waals surface area contributed by atoms with Crippen molar-refractivity contribution < 1.29 is 4.42 Å². The second-order valence-corrected chi connectivity index (χ2v) is 9.76. The summed E-state index contributed by atoms with van der Waals surface area (Å²) >= 11 is 6.51. The number of nitrogens with zero attached hydrogens (tertiary/aromatic N) is 2. The second-order valence-electron chi connectivity index (χ2n) is 6.82. The lowest BCUT2D eigenvalue weighted by Gasteiger charge is -2.09. The van der Waals surface area contributed by atoms with E-state index in [1.54, 1.807) is 29.0 Å². The largest absolute Gasteiger partial charge is 0.423 e. The molecule has 1 aromatic carbocycles. The Bertz CT molecular complexity index is 1370. The Morgan fingerprint density at radius 1 is 1.29 bits per heavy atom. The van der Waals surface area contributed by atoms with Crippen molar-refractivity contribution in [3.63, 3.8) is 0 Å². The van der Waals surface area contributed by atoms with Crippen molar-refractivity contribution in [1.29, 1.82) is 0 Å². The third-order valence-corrected chi connectivity index (χ3v) is 7.81. The summed E-state index contributed by atoms with van der Waals surface area (Å²) in [6, 6.07) is 7.15. The molecule has 0 N–H and O–H groups in total. The fourth-order valence-electron chi connectivity index (χ4n) is 3.70. The highest BCUT2D eigenvalue weighted by atomic mass is 79.9. The number of aromatic nitrogens is 2. The third-order valence-electron chi connectivity index (χ3n) is 5.05. The standard InChI is InChI=1S/C20H15BrN2O3S2/c1-23-19(25)17-13-3-2-4-15(13)28-18(17)22-20(23)27-9-10-7-16(24)26-14-8-11(21)5-6-12(10)14/h5-8H,2-4,9H2,1H3. The molecule has 0 aliphatic heterocycles. The molecule has 142 valence electrons. The van der Waals surface area contributed by atoms with E-state index in [2.05, 4.69) is 15.9 Å². The first-order valence-corrected chi connectivity index (χ1v) is 11.5. The first-order chi connectivity index (χ1) is 13.5.